The minimum Gasteiger partial charge on any atom is -0.497 e. The van der Waals surface area contributed by atoms with E-state index in [9.17, 15) is 18.0 Å². The molecule has 0 N–H and O–H groups in total. The van der Waals surface area contributed by atoms with Gasteiger partial charge in [-0.15, -0.1) is 0 Å². The molecule has 3 aromatic rings. The van der Waals surface area contributed by atoms with E-state index in [2.05, 4.69) is 0 Å². The third-order valence-corrected chi connectivity index (χ3v) is 6.96. The van der Waals surface area contributed by atoms with E-state index in [1.807, 2.05) is 0 Å². The zero-order valence-corrected chi connectivity index (χ0v) is 20.0. The van der Waals surface area contributed by atoms with Gasteiger partial charge in [0.25, 0.3) is 5.91 Å². The van der Waals surface area contributed by atoms with Crippen molar-refractivity contribution in [1.82, 2.24) is 0 Å². The number of methoxy groups -OCH3 is 1. The third-order valence-electron chi connectivity index (χ3n) is 5.80. The number of amides is 1. The van der Waals surface area contributed by atoms with Crippen LogP contribution in [0.4, 0.5) is 10.1 Å². The quantitative estimate of drug-likeness (QED) is 0.473. The molecule has 1 amide bonds. The molecule has 1 fully saturated rings. The summed E-state index contributed by atoms with van der Waals surface area (Å²) < 4.78 is 50.0. The van der Waals surface area contributed by atoms with E-state index in [0.717, 1.165) is 6.26 Å². The van der Waals surface area contributed by atoms with E-state index in [-0.39, 0.29) is 22.7 Å². The van der Waals surface area contributed by atoms with Crippen LogP contribution in [-0.2, 0) is 19.4 Å². The molecule has 0 bridgehead atoms. The topological polar surface area (TPSA) is 90.0 Å². The van der Waals surface area contributed by atoms with Gasteiger partial charge in [0.2, 0.25) is 0 Å². The molecule has 1 unspecified atom stereocenters. The number of hydrogen-bond acceptors (Lipinski definition) is 6. The number of esters is 1. The number of benzene rings is 3. The molecule has 3 aromatic carbocycles. The van der Waals surface area contributed by atoms with Crippen LogP contribution in [0.1, 0.15) is 23.2 Å². The van der Waals surface area contributed by atoms with Gasteiger partial charge in [-0.3, -0.25) is 4.79 Å². The molecule has 1 atom stereocenters. The summed E-state index contributed by atoms with van der Waals surface area (Å²) in [6.07, 6.45) is 0.905. The Hall–Kier alpha value is -3.72. The summed E-state index contributed by atoms with van der Waals surface area (Å²) in [6.45, 7) is 0.269. The van der Waals surface area contributed by atoms with Gasteiger partial charge in [-0.05, 0) is 60.9 Å². The van der Waals surface area contributed by atoms with Gasteiger partial charge in [0.05, 0.1) is 23.3 Å². The van der Waals surface area contributed by atoms with Gasteiger partial charge in [0.1, 0.15) is 11.6 Å². The fraction of sp³-hybridized carbons (Fsp3) is 0.231. The van der Waals surface area contributed by atoms with Crippen LogP contribution in [0.2, 0.25) is 0 Å². The number of sulfone groups is 1. The predicted octanol–water partition coefficient (Wildman–Crippen LogP) is 4.26. The van der Waals surface area contributed by atoms with Crippen LogP contribution in [0.3, 0.4) is 0 Å². The minimum atomic E-state index is -3.52. The molecule has 0 aliphatic carbocycles. The van der Waals surface area contributed by atoms with Gasteiger partial charge in [-0.2, -0.15) is 0 Å². The fourth-order valence-electron chi connectivity index (χ4n) is 4.04. The Bertz CT molecular complexity index is 1370. The molecule has 0 spiro atoms. The summed E-state index contributed by atoms with van der Waals surface area (Å²) in [4.78, 5) is 26.9. The number of piperidine rings is 1. The van der Waals surface area contributed by atoms with Crippen molar-refractivity contribution in [3.8, 4) is 16.9 Å². The van der Waals surface area contributed by atoms with Crippen molar-refractivity contribution in [2.45, 2.75) is 23.8 Å². The van der Waals surface area contributed by atoms with E-state index in [1.54, 1.807) is 48.5 Å². The van der Waals surface area contributed by atoms with Crippen LogP contribution in [0.25, 0.3) is 11.1 Å². The summed E-state index contributed by atoms with van der Waals surface area (Å²) >= 11 is 0. The SMILES string of the molecule is COc1ccc(C(=O)OC2CCCN(c3ccc(-c4ccccc4S(C)(=O)=O)cc3F)C2=O)cc1. The van der Waals surface area contributed by atoms with Crippen molar-refractivity contribution >= 4 is 27.4 Å². The van der Waals surface area contributed by atoms with Gasteiger partial charge in [-0.1, -0.05) is 24.3 Å². The van der Waals surface area contributed by atoms with Crippen LogP contribution in [0.5, 0.6) is 5.75 Å². The summed E-state index contributed by atoms with van der Waals surface area (Å²) in [5, 5.41) is 0. The molecule has 35 heavy (non-hydrogen) atoms. The molecule has 9 heteroatoms. The molecule has 0 saturated carbocycles. The summed E-state index contributed by atoms with van der Waals surface area (Å²) in [5.41, 5.74) is 1.06. The Labute approximate surface area is 203 Å². The zero-order valence-electron chi connectivity index (χ0n) is 19.2. The Balaban J connectivity index is 1.55. The normalized spacial score (nSPS) is 16.1. The van der Waals surface area contributed by atoms with Gasteiger partial charge in [-0.25, -0.2) is 17.6 Å². The van der Waals surface area contributed by atoms with Crippen LogP contribution in [-0.4, -0.2) is 46.3 Å². The van der Waals surface area contributed by atoms with E-state index in [1.165, 1.54) is 30.2 Å². The van der Waals surface area contributed by atoms with Gasteiger partial charge in [0.15, 0.2) is 15.9 Å². The predicted molar refractivity (Wildman–Crippen MR) is 129 cm³/mol. The lowest BCUT2D eigenvalue weighted by Gasteiger charge is -2.32. The summed E-state index contributed by atoms with van der Waals surface area (Å²) in [5.74, 6) is -1.26. The lowest BCUT2D eigenvalue weighted by Crippen LogP contribution is -2.46. The first-order valence-corrected chi connectivity index (χ1v) is 12.8. The molecule has 1 aliphatic rings. The largest absolute Gasteiger partial charge is 0.497 e. The first kappa shape index (κ1) is 24.4. The number of anilines is 1. The number of carbonyl (C=O) groups excluding carboxylic acids is 2. The van der Waals surface area contributed by atoms with E-state index < -0.39 is 33.6 Å². The molecule has 4 rings (SSSR count). The first-order valence-electron chi connectivity index (χ1n) is 10.9. The Morgan fingerprint density at radius 3 is 2.43 bits per heavy atom. The highest BCUT2D eigenvalue weighted by Gasteiger charge is 2.34. The monoisotopic (exact) mass is 497 g/mol. The number of ether oxygens (including phenoxy) is 2. The standard InChI is InChI=1S/C26H24FNO6S/c1-33-19-12-9-17(10-13-19)26(30)34-23-7-5-15-28(25(23)29)22-14-11-18(16-21(22)27)20-6-3-4-8-24(20)35(2,31)32/h3-4,6,8-14,16,23H,5,7,15H2,1-2H3. The third kappa shape index (κ3) is 5.19. The molecule has 1 aliphatic heterocycles. The smallest absolute Gasteiger partial charge is 0.338 e. The van der Waals surface area contributed by atoms with Crippen molar-refractivity contribution in [3.05, 3.63) is 78.1 Å². The molecule has 182 valence electrons. The molecule has 1 saturated heterocycles. The Morgan fingerprint density at radius 2 is 1.77 bits per heavy atom. The molecule has 1 heterocycles. The number of nitrogens with zero attached hydrogens (tertiary/aromatic N) is 1. The van der Waals surface area contributed by atoms with E-state index in [0.29, 0.717) is 29.7 Å². The molecular weight excluding hydrogens is 473 g/mol. The van der Waals surface area contributed by atoms with E-state index >= 15 is 4.39 Å². The number of carbonyl (C=O) groups is 2. The van der Waals surface area contributed by atoms with Crippen LogP contribution in [0.15, 0.2) is 71.6 Å². The lowest BCUT2D eigenvalue weighted by atomic mass is 10.0. The van der Waals surface area contributed by atoms with Crippen molar-refractivity contribution in [1.29, 1.82) is 0 Å². The Morgan fingerprint density at radius 1 is 1.06 bits per heavy atom. The second kappa shape index (κ2) is 9.87. The zero-order chi connectivity index (χ0) is 25.2. The lowest BCUT2D eigenvalue weighted by molar-refractivity contribution is -0.129. The highest BCUT2D eigenvalue weighted by Crippen LogP contribution is 2.32. The van der Waals surface area contributed by atoms with Gasteiger partial charge < -0.3 is 14.4 Å². The van der Waals surface area contributed by atoms with Crippen LogP contribution < -0.4 is 9.64 Å². The number of hydrogen-bond donors (Lipinski definition) is 0. The average Bonchev–Trinajstić information content (AvgIpc) is 2.85. The average molecular weight is 498 g/mol. The number of halogens is 1. The second-order valence-corrected chi connectivity index (χ2v) is 10.2. The summed E-state index contributed by atoms with van der Waals surface area (Å²) in [7, 11) is -2.01. The molecule has 0 radical (unpaired) electrons. The van der Waals surface area contributed by atoms with Crippen LogP contribution in [0, 0.1) is 5.82 Å². The van der Waals surface area contributed by atoms with Gasteiger partial charge >= 0.3 is 5.97 Å². The summed E-state index contributed by atoms with van der Waals surface area (Å²) in [6, 6.07) is 16.9. The minimum absolute atomic E-state index is 0.0424. The molecule has 0 aromatic heterocycles. The van der Waals surface area contributed by atoms with Crippen molar-refractivity contribution < 1.29 is 31.9 Å². The van der Waals surface area contributed by atoms with Crippen molar-refractivity contribution in [2.75, 3.05) is 24.8 Å². The Kier molecular flexibility index (Phi) is 6.88. The fourth-order valence-corrected chi connectivity index (χ4v) is 4.95. The van der Waals surface area contributed by atoms with E-state index in [4.69, 9.17) is 9.47 Å². The maximum Gasteiger partial charge on any atom is 0.338 e. The first-order chi connectivity index (χ1) is 16.7. The van der Waals surface area contributed by atoms with Crippen molar-refractivity contribution in [2.24, 2.45) is 0 Å². The highest BCUT2D eigenvalue weighted by atomic mass is 32.2. The van der Waals surface area contributed by atoms with Crippen molar-refractivity contribution in [3.63, 3.8) is 0 Å². The molecular formula is C26H24FNO6S. The van der Waals surface area contributed by atoms with Crippen LogP contribution >= 0.6 is 0 Å². The number of rotatable bonds is 6. The second-order valence-electron chi connectivity index (χ2n) is 8.19. The maximum absolute atomic E-state index is 15.2. The molecule has 7 nitrogen and oxygen atoms in total. The highest BCUT2D eigenvalue weighted by molar-refractivity contribution is 7.90. The van der Waals surface area contributed by atoms with Gasteiger partial charge in [0, 0.05) is 18.4 Å². The maximum atomic E-state index is 15.2.